The van der Waals surface area contributed by atoms with Crippen molar-refractivity contribution in [1.82, 2.24) is 9.13 Å². The highest BCUT2D eigenvalue weighted by atomic mass is 16.3. The first-order valence-electron chi connectivity index (χ1n) is 14.7. The third kappa shape index (κ3) is 3.68. The lowest BCUT2D eigenvalue weighted by Gasteiger charge is -2.21. The second-order valence-electron chi connectivity index (χ2n) is 11.5. The van der Waals surface area contributed by atoms with Gasteiger partial charge in [0.2, 0.25) is 0 Å². The molecule has 0 fully saturated rings. The molecule has 0 aliphatic heterocycles. The van der Waals surface area contributed by atoms with Crippen molar-refractivity contribution >= 4 is 98.1 Å². The lowest BCUT2D eigenvalue weighted by atomic mass is 9.64. The van der Waals surface area contributed by atoms with E-state index in [9.17, 15) is 5.11 Å². The molecule has 5 aromatic carbocycles. The summed E-state index contributed by atoms with van der Waals surface area (Å²) < 4.78 is 4.68. The Morgan fingerprint density at radius 3 is 2.16 bits per heavy atom. The van der Waals surface area contributed by atoms with Gasteiger partial charge >= 0.3 is 0 Å². The van der Waals surface area contributed by atoms with Crippen LogP contribution in [0.5, 0.6) is 5.75 Å². The van der Waals surface area contributed by atoms with Crippen molar-refractivity contribution in [2.45, 2.75) is 12.8 Å². The Morgan fingerprint density at radius 2 is 1.34 bits per heavy atom. The summed E-state index contributed by atoms with van der Waals surface area (Å²) in [5, 5.41) is 17.3. The summed E-state index contributed by atoms with van der Waals surface area (Å²) in [6, 6.07) is 29.4. The number of aromatic nitrogens is 2. The molecular formula is C37H24B4N2O. The Hall–Kier alpha value is -4.76. The van der Waals surface area contributed by atoms with E-state index in [2.05, 4.69) is 89.0 Å². The lowest BCUT2D eigenvalue weighted by molar-refractivity contribution is 0.482. The Morgan fingerprint density at radius 1 is 0.636 bits per heavy atom. The Kier molecular flexibility index (Phi) is 6.03. The molecule has 0 saturated heterocycles. The fourth-order valence-corrected chi connectivity index (χ4v) is 7.04. The maximum atomic E-state index is 11.2. The number of phenols is 1. The van der Waals surface area contributed by atoms with Gasteiger partial charge in [-0.25, -0.2) is 0 Å². The summed E-state index contributed by atoms with van der Waals surface area (Å²) >= 11 is 0. The summed E-state index contributed by atoms with van der Waals surface area (Å²) in [5.41, 5.74) is 7.88. The third-order valence-corrected chi connectivity index (χ3v) is 9.17. The zero-order valence-electron chi connectivity index (χ0n) is 24.3. The SMILES string of the molecule is [B]c1c([B])c([B])c(-c2ccc(-c3ccccc3)c(-n3c4ccccc4c4ccc5c6c(n(C)c5c43)=CCCC=6)c2)c(O)c1[B]. The molecule has 0 atom stereocenters. The number of fused-ring (bicyclic) bond motifs is 7. The Balaban J connectivity index is 1.57. The number of nitrogens with zero attached hydrogens (tertiary/aromatic N) is 2. The van der Waals surface area contributed by atoms with Gasteiger partial charge in [0.15, 0.2) is 0 Å². The normalized spacial score (nSPS) is 12.8. The average Bonchev–Trinajstić information content (AvgIpc) is 3.55. The Labute approximate surface area is 260 Å². The van der Waals surface area contributed by atoms with Crippen LogP contribution in [-0.2, 0) is 7.05 Å². The molecule has 2 heterocycles. The molecule has 0 amide bonds. The third-order valence-electron chi connectivity index (χ3n) is 9.17. The number of benzene rings is 5. The van der Waals surface area contributed by atoms with E-state index in [1.807, 2.05) is 24.3 Å². The van der Waals surface area contributed by atoms with Crippen LogP contribution >= 0.6 is 0 Å². The monoisotopic (exact) mass is 556 g/mol. The van der Waals surface area contributed by atoms with Crippen molar-refractivity contribution in [3.8, 4) is 33.7 Å². The molecule has 1 aliphatic carbocycles. The van der Waals surface area contributed by atoms with Crippen molar-refractivity contribution in [3.63, 3.8) is 0 Å². The molecule has 0 saturated carbocycles. The van der Waals surface area contributed by atoms with Gasteiger partial charge in [0.25, 0.3) is 0 Å². The topological polar surface area (TPSA) is 30.1 Å². The minimum Gasteiger partial charge on any atom is -0.508 e. The average molecular weight is 556 g/mol. The van der Waals surface area contributed by atoms with Crippen LogP contribution in [0.3, 0.4) is 0 Å². The van der Waals surface area contributed by atoms with Crippen LogP contribution in [0, 0.1) is 0 Å². The fraction of sp³-hybridized carbons (Fsp3) is 0.0811. The van der Waals surface area contributed by atoms with Gasteiger partial charge in [0.1, 0.15) is 37.1 Å². The van der Waals surface area contributed by atoms with Gasteiger partial charge in [-0.3, -0.25) is 0 Å². The molecule has 8 radical (unpaired) electrons. The number of para-hydroxylation sites is 1. The van der Waals surface area contributed by atoms with Gasteiger partial charge in [0.05, 0.1) is 22.2 Å². The standard InChI is InChI=1S/C37H24B4N2O/c1-42-27-13-7-5-11-23(27)25-17-18-26-24-12-6-8-14-28(24)43(36(26)35(25)42)29-19-21(15-16-22(29)20-9-3-2-4-10-20)30-31(38)32(39)33(40)34(41)37(30)44/h2-4,6,8-19,44H,5,7H2,1H3. The van der Waals surface area contributed by atoms with Gasteiger partial charge < -0.3 is 14.2 Å². The first kappa shape index (κ1) is 26.8. The zero-order chi connectivity index (χ0) is 30.3. The molecule has 1 aliphatic rings. The van der Waals surface area contributed by atoms with Crippen LogP contribution < -0.4 is 32.4 Å². The van der Waals surface area contributed by atoms with Gasteiger partial charge in [-0.05, 0) is 36.1 Å². The molecule has 0 bridgehead atoms. The fourth-order valence-electron chi connectivity index (χ4n) is 7.04. The number of hydrogen-bond acceptors (Lipinski definition) is 1. The van der Waals surface area contributed by atoms with Crippen molar-refractivity contribution < 1.29 is 5.11 Å². The van der Waals surface area contributed by atoms with Crippen LogP contribution in [0.25, 0.3) is 72.8 Å². The van der Waals surface area contributed by atoms with E-state index in [0.29, 0.717) is 11.1 Å². The molecule has 200 valence electrons. The quantitative estimate of drug-likeness (QED) is 0.334. The van der Waals surface area contributed by atoms with Crippen LogP contribution in [0.15, 0.2) is 84.9 Å². The van der Waals surface area contributed by atoms with E-state index < -0.39 is 0 Å². The first-order valence-corrected chi connectivity index (χ1v) is 14.7. The second kappa shape index (κ2) is 9.89. The van der Waals surface area contributed by atoms with E-state index in [4.69, 9.17) is 31.4 Å². The summed E-state index contributed by atoms with van der Waals surface area (Å²) in [5.74, 6) is -0.182. The molecule has 1 N–H and O–H groups in total. The van der Waals surface area contributed by atoms with Crippen LogP contribution in [0.2, 0.25) is 0 Å². The van der Waals surface area contributed by atoms with E-state index in [0.717, 1.165) is 46.1 Å². The summed E-state index contributed by atoms with van der Waals surface area (Å²) in [6.07, 6.45) is 6.76. The minimum absolute atomic E-state index is 0.0147. The minimum atomic E-state index is -0.182. The van der Waals surface area contributed by atoms with Gasteiger partial charge in [-0.15, -0.1) is 10.9 Å². The largest absolute Gasteiger partial charge is 0.508 e. The molecule has 2 aromatic heterocycles. The highest BCUT2D eigenvalue weighted by Crippen LogP contribution is 2.40. The van der Waals surface area contributed by atoms with Gasteiger partial charge in [0, 0.05) is 44.9 Å². The number of aryl methyl sites for hydroxylation is 1. The van der Waals surface area contributed by atoms with Gasteiger partial charge in [-0.1, -0.05) is 95.9 Å². The number of aromatic hydroxyl groups is 1. The zero-order valence-corrected chi connectivity index (χ0v) is 24.3. The smallest absolute Gasteiger partial charge is 0.118 e. The second-order valence-corrected chi connectivity index (χ2v) is 11.5. The van der Waals surface area contributed by atoms with Gasteiger partial charge in [-0.2, -0.15) is 0 Å². The van der Waals surface area contributed by atoms with Crippen molar-refractivity contribution in [2.75, 3.05) is 0 Å². The van der Waals surface area contributed by atoms with Crippen molar-refractivity contribution in [1.29, 1.82) is 0 Å². The molecule has 7 aromatic rings. The van der Waals surface area contributed by atoms with Crippen molar-refractivity contribution in [2.24, 2.45) is 7.05 Å². The van der Waals surface area contributed by atoms with Crippen molar-refractivity contribution in [3.05, 3.63) is 95.5 Å². The highest BCUT2D eigenvalue weighted by molar-refractivity contribution is 6.64. The van der Waals surface area contributed by atoms with E-state index in [-0.39, 0.29) is 27.6 Å². The van der Waals surface area contributed by atoms with Crippen LogP contribution in [-0.4, -0.2) is 45.6 Å². The summed E-state index contributed by atoms with van der Waals surface area (Å²) in [4.78, 5) is 0. The maximum absolute atomic E-state index is 11.2. The predicted octanol–water partition coefficient (Wildman–Crippen LogP) is 2.85. The van der Waals surface area contributed by atoms with Crippen LogP contribution in [0.1, 0.15) is 12.8 Å². The molecule has 44 heavy (non-hydrogen) atoms. The molecular weight excluding hydrogens is 532 g/mol. The first-order chi connectivity index (χ1) is 21.4. The maximum Gasteiger partial charge on any atom is 0.118 e. The molecule has 7 heteroatoms. The molecule has 0 unspecified atom stereocenters. The van der Waals surface area contributed by atoms with E-state index >= 15 is 0 Å². The summed E-state index contributed by atoms with van der Waals surface area (Å²) in [6.45, 7) is 0. The Bertz CT molecular complexity index is 2430. The summed E-state index contributed by atoms with van der Waals surface area (Å²) in [7, 11) is 27.2. The van der Waals surface area contributed by atoms with E-state index in [1.54, 1.807) is 0 Å². The number of phenolic OH excluding ortho intramolecular Hbond substituents is 1. The number of hydrogen-bond donors (Lipinski definition) is 1. The molecule has 3 nitrogen and oxygen atoms in total. The lowest BCUT2D eigenvalue weighted by Crippen LogP contribution is -2.48. The number of rotatable bonds is 3. The van der Waals surface area contributed by atoms with Crippen LogP contribution in [0.4, 0.5) is 0 Å². The predicted molar refractivity (Wildman–Crippen MR) is 189 cm³/mol. The van der Waals surface area contributed by atoms with E-state index in [1.165, 1.54) is 26.9 Å². The highest BCUT2D eigenvalue weighted by Gasteiger charge is 2.22. The molecule has 0 spiro atoms. The molecule has 8 rings (SSSR count).